The molecule has 136 valence electrons. The van der Waals surface area contributed by atoms with E-state index >= 15 is 0 Å². The Bertz CT molecular complexity index is 700. The fourth-order valence-corrected chi connectivity index (χ4v) is 3.30. The van der Waals surface area contributed by atoms with Gasteiger partial charge in [0.05, 0.1) is 12.2 Å². The lowest BCUT2D eigenvalue weighted by Crippen LogP contribution is -2.36. The SMILES string of the molecule is CC(C)CN(Cc1csc(COc2cccc(Cl)c2)n1)C(=O)C(C)C. The molecular formula is C19H25ClN2O2S. The molecule has 1 heterocycles. The third-order valence-electron chi connectivity index (χ3n) is 3.50. The fourth-order valence-electron chi connectivity index (χ4n) is 2.42. The quantitative estimate of drug-likeness (QED) is 0.646. The van der Waals surface area contributed by atoms with Crippen LogP contribution in [0.25, 0.3) is 0 Å². The molecule has 0 aliphatic rings. The summed E-state index contributed by atoms with van der Waals surface area (Å²) in [5.74, 6) is 1.30. The lowest BCUT2D eigenvalue weighted by atomic mass is 10.1. The van der Waals surface area contributed by atoms with Crippen molar-refractivity contribution in [2.45, 2.75) is 40.8 Å². The first-order chi connectivity index (χ1) is 11.8. The molecule has 0 radical (unpaired) electrons. The third kappa shape index (κ3) is 6.33. The molecular weight excluding hydrogens is 356 g/mol. The van der Waals surface area contributed by atoms with E-state index in [1.165, 1.54) is 0 Å². The summed E-state index contributed by atoms with van der Waals surface area (Å²) < 4.78 is 5.72. The van der Waals surface area contributed by atoms with E-state index in [9.17, 15) is 4.79 Å². The molecule has 1 aromatic heterocycles. The maximum absolute atomic E-state index is 12.4. The van der Waals surface area contributed by atoms with Crippen molar-refractivity contribution in [3.05, 3.63) is 45.4 Å². The molecule has 0 spiro atoms. The molecule has 0 aliphatic heterocycles. The normalized spacial score (nSPS) is 11.2. The van der Waals surface area contributed by atoms with Crippen molar-refractivity contribution >= 4 is 28.8 Å². The van der Waals surface area contributed by atoms with Gasteiger partial charge in [-0.2, -0.15) is 0 Å². The van der Waals surface area contributed by atoms with Crippen LogP contribution in [0.15, 0.2) is 29.6 Å². The number of halogens is 1. The van der Waals surface area contributed by atoms with E-state index < -0.39 is 0 Å². The topological polar surface area (TPSA) is 42.4 Å². The monoisotopic (exact) mass is 380 g/mol. The minimum absolute atomic E-state index is 0.0111. The summed E-state index contributed by atoms with van der Waals surface area (Å²) in [4.78, 5) is 18.9. The molecule has 1 amide bonds. The van der Waals surface area contributed by atoms with Crippen LogP contribution in [-0.4, -0.2) is 22.3 Å². The molecule has 6 heteroatoms. The smallest absolute Gasteiger partial charge is 0.225 e. The number of hydrogen-bond donors (Lipinski definition) is 0. The van der Waals surface area contributed by atoms with Crippen LogP contribution in [0.5, 0.6) is 5.75 Å². The Kier molecular flexibility index (Phi) is 7.26. The number of benzene rings is 1. The van der Waals surface area contributed by atoms with Crippen molar-refractivity contribution in [2.75, 3.05) is 6.54 Å². The zero-order valence-corrected chi connectivity index (χ0v) is 16.7. The maximum Gasteiger partial charge on any atom is 0.225 e. The van der Waals surface area contributed by atoms with E-state index in [-0.39, 0.29) is 11.8 Å². The minimum atomic E-state index is -0.0111. The average molecular weight is 381 g/mol. The predicted molar refractivity (Wildman–Crippen MR) is 103 cm³/mol. The first-order valence-corrected chi connectivity index (χ1v) is 9.71. The summed E-state index contributed by atoms with van der Waals surface area (Å²) in [7, 11) is 0. The molecule has 2 aromatic rings. The fraction of sp³-hybridized carbons (Fsp3) is 0.474. The zero-order valence-electron chi connectivity index (χ0n) is 15.2. The molecule has 0 N–H and O–H groups in total. The average Bonchev–Trinajstić information content (AvgIpc) is 2.98. The molecule has 25 heavy (non-hydrogen) atoms. The number of aromatic nitrogens is 1. The van der Waals surface area contributed by atoms with Crippen molar-refractivity contribution in [1.82, 2.24) is 9.88 Å². The standard InChI is InChI=1S/C19H25ClN2O2S/c1-13(2)9-22(19(23)14(3)4)10-16-12-25-18(21-16)11-24-17-7-5-6-15(20)8-17/h5-8,12-14H,9-11H2,1-4H3. The lowest BCUT2D eigenvalue weighted by Gasteiger charge is -2.25. The van der Waals surface area contributed by atoms with Gasteiger partial charge in [-0.1, -0.05) is 45.4 Å². The Balaban J connectivity index is 1.97. The van der Waals surface area contributed by atoms with Crippen LogP contribution in [-0.2, 0) is 17.9 Å². The lowest BCUT2D eigenvalue weighted by molar-refractivity contribution is -0.135. The van der Waals surface area contributed by atoms with Crippen LogP contribution in [0.4, 0.5) is 0 Å². The Morgan fingerprint density at radius 2 is 2.08 bits per heavy atom. The van der Waals surface area contributed by atoms with Crippen LogP contribution in [0.2, 0.25) is 5.02 Å². The predicted octanol–water partition coefficient (Wildman–Crippen LogP) is 5.02. The summed E-state index contributed by atoms with van der Waals surface area (Å²) in [6, 6.07) is 7.31. The summed E-state index contributed by atoms with van der Waals surface area (Å²) >= 11 is 7.50. The van der Waals surface area contributed by atoms with E-state index in [0.717, 1.165) is 23.0 Å². The van der Waals surface area contributed by atoms with Gasteiger partial charge >= 0.3 is 0 Å². The first-order valence-electron chi connectivity index (χ1n) is 8.45. The molecule has 0 unspecified atom stereocenters. The van der Waals surface area contributed by atoms with Gasteiger partial charge in [-0.3, -0.25) is 4.79 Å². The van der Waals surface area contributed by atoms with Gasteiger partial charge in [0.25, 0.3) is 0 Å². The number of carbonyl (C=O) groups excluding carboxylic acids is 1. The third-order valence-corrected chi connectivity index (χ3v) is 4.61. The van der Waals surface area contributed by atoms with Gasteiger partial charge in [-0.05, 0) is 24.1 Å². The highest BCUT2D eigenvalue weighted by Gasteiger charge is 2.19. The second-order valence-electron chi connectivity index (χ2n) is 6.75. The number of rotatable bonds is 8. The summed E-state index contributed by atoms with van der Waals surface area (Å²) in [6.45, 7) is 9.78. The largest absolute Gasteiger partial charge is 0.486 e. The Hall–Kier alpha value is -1.59. The molecule has 0 atom stereocenters. The molecule has 0 saturated heterocycles. The maximum atomic E-state index is 12.4. The van der Waals surface area contributed by atoms with Gasteiger partial charge < -0.3 is 9.64 Å². The van der Waals surface area contributed by atoms with Gasteiger partial charge in [0.2, 0.25) is 5.91 Å². The van der Waals surface area contributed by atoms with E-state index in [4.69, 9.17) is 16.3 Å². The summed E-state index contributed by atoms with van der Waals surface area (Å²) in [6.07, 6.45) is 0. The van der Waals surface area contributed by atoms with Crippen molar-refractivity contribution in [1.29, 1.82) is 0 Å². The summed E-state index contributed by atoms with van der Waals surface area (Å²) in [5, 5.41) is 3.53. The van der Waals surface area contributed by atoms with Crippen LogP contribution in [0, 0.1) is 11.8 Å². The number of nitrogens with zero attached hydrogens (tertiary/aromatic N) is 2. The van der Waals surface area contributed by atoms with Crippen molar-refractivity contribution in [2.24, 2.45) is 11.8 Å². The van der Waals surface area contributed by atoms with E-state index in [2.05, 4.69) is 18.8 Å². The van der Waals surface area contributed by atoms with Gasteiger partial charge in [-0.15, -0.1) is 11.3 Å². The van der Waals surface area contributed by atoms with Crippen molar-refractivity contribution in [3.8, 4) is 5.75 Å². The molecule has 0 saturated carbocycles. The number of ether oxygens (including phenoxy) is 1. The zero-order chi connectivity index (χ0) is 18.4. The highest BCUT2D eigenvalue weighted by Crippen LogP contribution is 2.20. The highest BCUT2D eigenvalue weighted by atomic mass is 35.5. The first kappa shape index (κ1) is 19.7. The Morgan fingerprint density at radius 3 is 2.72 bits per heavy atom. The van der Waals surface area contributed by atoms with Gasteiger partial charge in [0, 0.05) is 22.9 Å². The number of amides is 1. The molecule has 0 bridgehead atoms. The molecule has 1 aromatic carbocycles. The van der Waals surface area contributed by atoms with Crippen molar-refractivity contribution < 1.29 is 9.53 Å². The molecule has 0 aliphatic carbocycles. The number of hydrogen-bond acceptors (Lipinski definition) is 4. The van der Waals surface area contributed by atoms with Crippen molar-refractivity contribution in [3.63, 3.8) is 0 Å². The van der Waals surface area contributed by atoms with Crippen LogP contribution >= 0.6 is 22.9 Å². The Morgan fingerprint density at radius 1 is 1.32 bits per heavy atom. The van der Waals surface area contributed by atoms with Gasteiger partial charge in [-0.25, -0.2) is 4.98 Å². The van der Waals surface area contributed by atoms with Gasteiger partial charge in [0.1, 0.15) is 17.4 Å². The van der Waals surface area contributed by atoms with E-state index in [1.54, 1.807) is 17.4 Å². The van der Waals surface area contributed by atoms with Crippen LogP contribution in [0.1, 0.15) is 38.4 Å². The highest BCUT2D eigenvalue weighted by molar-refractivity contribution is 7.09. The number of carbonyl (C=O) groups is 1. The summed E-state index contributed by atoms with van der Waals surface area (Å²) in [5.41, 5.74) is 0.907. The molecule has 2 rings (SSSR count). The second kappa shape index (κ2) is 9.20. The van der Waals surface area contributed by atoms with Crippen LogP contribution in [0.3, 0.4) is 0 Å². The molecule has 4 nitrogen and oxygen atoms in total. The van der Waals surface area contributed by atoms with Crippen LogP contribution < -0.4 is 4.74 Å². The van der Waals surface area contributed by atoms with E-state index in [1.807, 2.05) is 42.3 Å². The minimum Gasteiger partial charge on any atom is -0.486 e. The second-order valence-corrected chi connectivity index (χ2v) is 8.13. The van der Waals surface area contributed by atoms with E-state index in [0.29, 0.717) is 24.1 Å². The van der Waals surface area contributed by atoms with Gasteiger partial charge in [0.15, 0.2) is 0 Å². The number of thiazole rings is 1. The molecule has 0 fully saturated rings. The Labute approximate surface area is 158 Å².